The third-order valence-electron chi connectivity index (χ3n) is 2.81. The Morgan fingerprint density at radius 1 is 1.48 bits per heavy atom. The smallest absolute Gasteiger partial charge is 0.391 e. The highest BCUT2D eigenvalue weighted by Crippen LogP contribution is 2.35. The number of anilines is 1. The van der Waals surface area contributed by atoms with Gasteiger partial charge < -0.3 is 11.1 Å². The maximum Gasteiger partial charge on any atom is 0.391 e. The second-order valence-corrected chi connectivity index (χ2v) is 6.65. The van der Waals surface area contributed by atoms with Crippen molar-refractivity contribution in [1.29, 1.82) is 0 Å². The molecule has 21 heavy (non-hydrogen) atoms. The fraction of sp³-hybridized carbons (Fsp3) is 0.308. The molecule has 114 valence electrons. The number of nitrogens with one attached hydrogen (secondary N) is 1. The first-order valence-electron chi connectivity index (χ1n) is 6.02. The molecule has 8 heteroatoms. The maximum absolute atomic E-state index is 12.3. The molecule has 0 aliphatic carbocycles. The summed E-state index contributed by atoms with van der Waals surface area (Å²) in [5, 5.41) is 3.04. The predicted molar refractivity (Wildman–Crippen MR) is 81.5 cm³/mol. The lowest BCUT2D eigenvalue weighted by atomic mass is 10.2. The largest absolute Gasteiger partial charge is 0.397 e. The number of fused-ring (bicyclic) bond motifs is 1. The van der Waals surface area contributed by atoms with E-state index in [0.29, 0.717) is 5.39 Å². The zero-order chi connectivity index (χ0) is 15.8. The van der Waals surface area contributed by atoms with Gasteiger partial charge in [0.15, 0.2) is 0 Å². The zero-order valence-corrected chi connectivity index (χ0v) is 13.3. The van der Waals surface area contributed by atoms with Crippen LogP contribution < -0.4 is 11.1 Å². The summed E-state index contributed by atoms with van der Waals surface area (Å²) in [5.41, 5.74) is 6.20. The third kappa shape index (κ3) is 3.88. The van der Waals surface area contributed by atoms with Gasteiger partial charge in [0.2, 0.25) is 0 Å². The number of alkyl halides is 3. The molecule has 0 aliphatic rings. The molecule has 3 nitrogen and oxygen atoms in total. The molecule has 0 aliphatic heterocycles. The van der Waals surface area contributed by atoms with E-state index in [4.69, 9.17) is 5.73 Å². The van der Waals surface area contributed by atoms with Gasteiger partial charge in [-0.15, -0.1) is 11.3 Å². The quantitative estimate of drug-likeness (QED) is 0.832. The minimum Gasteiger partial charge on any atom is -0.397 e. The lowest BCUT2D eigenvalue weighted by Crippen LogP contribution is -2.35. The number of hydrogen-bond donors (Lipinski definition) is 2. The van der Waals surface area contributed by atoms with E-state index >= 15 is 0 Å². The summed E-state index contributed by atoms with van der Waals surface area (Å²) in [6.07, 6.45) is -5.39. The van der Waals surface area contributed by atoms with Crippen molar-refractivity contribution in [2.24, 2.45) is 0 Å². The second-order valence-electron chi connectivity index (χ2n) is 4.68. The Bertz CT molecular complexity index is 684. The fourth-order valence-corrected chi connectivity index (χ4v) is 3.31. The number of carbonyl (C=O) groups excluding carboxylic acids is 1. The number of thiophene rings is 1. The maximum atomic E-state index is 12.3. The third-order valence-corrected chi connectivity index (χ3v) is 4.49. The number of nitrogens with two attached hydrogens (primary N) is 1. The Kier molecular flexibility index (Phi) is 4.48. The highest BCUT2D eigenvalue weighted by atomic mass is 79.9. The molecular formula is C13H12BrF3N2OS. The van der Waals surface area contributed by atoms with Gasteiger partial charge in [0.05, 0.1) is 12.1 Å². The van der Waals surface area contributed by atoms with Gasteiger partial charge in [-0.1, -0.05) is 15.9 Å². The average Bonchev–Trinajstić information content (AvgIpc) is 2.64. The second kappa shape index (κ2) is 5.84. The molecular weight excluding hydrogens is 369 g/mol. The molecule has 0 bridgehead atoms. The van der Waals surface area contributed by atoms with Crippen LogP contribution >= 0.6 is 27.3 Å². The van der Waals surface area contributed by atoms with Gasteiger partial charge in [-0.3, -0.25) is 4.79 Å². The molecule has 0 spiro atoms. The van der Waals surface area contributed by atoms with Gasteiger partial charge in [0.25, 0.3) is 5.91 Å². The van der Waals surface area contributed by atoms with Crippen LogP contribution in [0.1, 0.15) is 23.0 Å². The number of hydrogen-bond acceptors (Lipinski definition) is 3. The van der Waals surface area contributed by atoms with Gasteiger partial charge in [-0.05, 0) is 25.1 Å². The molecule has 2 rings (SSSR count). The van der Waals surface area contributed by atoms with Crippen molar-refractivity contribution in [2.75, 3.05) is 5.73 Å². The number of halogens is 4. The Balaban J connectivity index is 2.22. The van der Waals surface area contributed by atoms with Crippen LogP contribution in [0.25, 0.3) is 10.1 Å². The molecule has 3 N–H and O–H groups in total. The van der Waals surface area contributed by atoms with Crippen molar-refractivity contribution in [2.45, 2.75) is 25.6 Å². The first-order valence-corrected chi connectivity index (χ1v) is 7.63. The van der Waals surface area contributed by atoms with Gasteiger partial charge in [-0.25, -0.2) is 0 Å². The van der Waals surface area contributed by atoms with E-state index in [1.165, 1.54) is 6.92 Å². The van der Waals surface area contributed by atoms with E-state index in [2.05, 4.69) is 21.2 Å². The summed E-state index contributed by atoms with van der Waals surface area (Å²) in [6.45, 7) is 1.31. The molecule has 0 radical (unpaired) electrons. The lowest BCUT2D eigenvalue weighted by molar-refractivity contribution is -0.138. The van der Waals surface area contributed by atoms with Gasteiger partial charge >= 0.3 is 6.18 Å². The van der Waals surface area contributed by atoms with E-state index in [9.17, 15) is 18.0 Å². The Morgan fingerprint density at radius 2 is 2.14 bits per heavy atom. The number of rotatable bonds is 3. The number of carbonyl (C=O) groups is 1. The number of benzene rings is 1. The summed E-state index contributed by atoms with van der Waals surface area (Å²) < 4.78 is 38.4. The zero-order valence-electron chi connectivity index (χ0n) is 10.9. The van der Waals surface area contributed by atoms with Gasteiger partial charge in [0.1, 0.15) is 4.88 Å². The van der Waals surface area contributed by atoms with Crippen molar-refractivity contribution < 1.29 is 18.0 Å². The molecule has 0 saturated heterocycles. The standard InChI is InChI=1S/C13H12BrF3N2OS/c1-6(5-13(15,16)17)19-12(20)11-10(18)8-4-7(14)2-3-9(8)21-11/h2-4,6H,5,18H2,1H3,(H,19,20). The minimum absolute atomic E-state index is 0.233. The van der Waals surface area contributed by atoms with Crippen LogP contribution in [0, 0.1) is 0 Å². The van der Waals surface area contributed by atoms with E-state index < -0.39 is 24.5 Å². The Labute approximate surface area is 131 Å². The fourth-order valence-electron chi connectivity index (χ4n) is 1.95. The van der Waals surface area contributed by atoms with Gasteiger partial charge in [0, 0.05) is 20.6 Å². The molecule has 1 heterocycles. The summed E-state index contributed by atoms with van der Waals surface area (Å²) >= 11 is 4.47. The van der Waals surface area contributed by atoms with Crippen molar-refractivity contribution in [3.8, 4) is 0 Å². The van der Waals surface area contributed by atoms with E-state index in [1.54, 1.807) is 12.1 Å². The van der Waals surface area contributed by atoms with Crippen molar-refractivity contribution >= 4 is 48.9 Å². The Hall–Kier alpha value is -1.28. The molecule has 0 fully saturated rings. The van der Waals surface area contributed by atoms with E-state index in [1.807, 2.05) is 6.07 Å². The lowest BCUT2D eigenvalue weighted by Gasteiger charge is -2.15. The summed E-state index contributed by atoms with van der Waals surface area (Å²) in [7, 11) is 0. The summed E-state index contributed by atoms with van der Waals surface area (Å²) in [5.74, 6) is -0.582. The minimum atomic E-state index is -4.32. The van der Waals surface area contributed by atoms with Crippen LogP contribution in [0.2, 0.25) is 0 Å². The first kappa shape index (κ1) is 16.1. The molecule has 1 aromatic heterocycles. The van der Waals surface area contributed by atoms with Crippen LogP contribution in [-0.2, 0) is 0 Å². The highest BCUT2D eigenvalue weighted by Gasteiger charge is 2.31. The number of nitrogen functional groups attached to an aromatic ring is 1. The Morgan fingerprint density at radius 3 is 2.76 bits per heavy atom. The summed E-state index contributed by atoms with van der Waals surface area (Å²) in [4.78, 5) is 12.3. The first-order chi connectivity index (χ1) is 9.67. The average molecular weight is 381 g/mol. The molecule has 1 amide bonds. The normalized spacial score (nSPS) is 13.4. The molecule has 1 atom stereocenters. The van der Waals surface area contributed by atoms with Crippen LogP contribution in [0.5, 0.6) is 0 Å². The predicted octanol–water partition coefficient (Wildman–Crippen LogP) is 4.32. The molecule has 0 saturated carbocycles. The highest BCUT2D eigenvalue weighted by molar-refractivity contribution is 9.10. The number of amides is 1. The van der Waals surface area contributed by atoms with Crippen LogP contribution in [0.15, 0.2) is 22.7 Å². The van der Waals surface area contributed by atoms with Crippen LogP contribution in [0.3, 0.4) is 0 Å². The van der Waals surface area contributed by atoms with Crippen molar-refractivity contribution in [3.63, 3.8) is 0 Å². The monoisotopic (exact) mass is 380 g/mol. The van der Waals surface area contributed by atoms with Crippen molar-refractivity contribution in [1.82, 2.24) is 5.32 Å². The van der Waals surface area contributed by atoms with Crippen molar-refractivity contribution in [3.05, 3.63) is 27.5 Å². The van der Waals surface area contributed by atoms with Crippen LogP contribution in [0.4, 0.5) is 18.9 Å². The van der Waals surface area contributed by atoms with E-state index in [-0.39, 0.29) is 10.6 Å². The van der Waals surface area contributed by atoms with Crippen LogP contribution in [-0.4, -0.2) is 18.1 Å². The van der Waals surface area contributed by atoms with E-state index in [0.717, 1.165) is 20.5 Å². The van der Waals surface area contributed by atoms with Gasteiger partial charge in [-0.2, -0.15) is 13.2 Å². The SMILES string of the molecule is CC(CC(F)(F)F)NC(=O)c1sc2ccc(Br)cc2c1N. The molecule has 1 aromatic carbocycles. The topological polar surface area (TPSA) is 55.1 Å². The summed E-state index contributed by atoms with van der Waals surface area (Å²) in [6, 6.07) is 4.38. The molecule has 1 unspecified atom stereocenters. The molecule has 2 aromatic rings.